The van der Waals surface area contributed by atoms with Gasteiger partial charge in [-0.1, -0.05) is 0 Å². The Kier molecular flexibility index (Phi) is 4.16. The van der Waals surface area contributed by atoms with Gasteiger partial charge in [-0.25, -0.2) is 17.5 Å². The number of carbonyl (C=O) groups excluding carboxylic acids is 1. The van der Waals surface area contributed by atoms with E-state index in [1.165, 1.54) is 13.8 Å². The number of anilines is 1. The molecule has 106 valence electrons. The fourth-order valence-electron chi connectivity index (χ4n) is 1.19. The first-order chi connectivity index (χ1) is 8.54. The summed E-state index contributed by atoms with van der Waals surface area (Å²) in [5.74, 6) is -1.40. The lowest BCUT2D eigenvalue weighted by atomic mass is 9.93. The fraction of sp³-hybridized carbons (Fsp3) is 0.364. The Labute approximate surface area is 111 Å². The highest BCUT2D eigenvalue weighted by Gasteiger charge is 2.27. The van der Waals surface area contributed by atoms with Crippen LogP contribution < -0.4 is 16.2 Å². The largest absolute Gasteiger partial charge is 0.399 e. The van der Waals surface area contributed by atoms with Gasteiger partial charge in [-0.05, 0) is 32.0 Å². The first-order valence-electron chi connectivity index (χ1n) is 5.40. The molecule has 19 heavy (non-hydrogen) atoms. The number of halogens is 1. The number of nitrogens with one attached hydrogen (secondary N) is 1. The molecule has 0 fully saturated rings. The number of benzene rings is 1. The zero-order valence-electron chi connectivity index (χ0n) is 10.6. The summed E-state index contributed by atoms with van der Waals surface area (Å²) in [6.45, 7) is 2.80. The molecule has 0 atom stereocenters. The van der Waals surface area contributed by atoms with Crippen molar-refractivity contribution in [3.8, 4) is 0 Å². The number of rotatable bonds is 5. The number of carbonyl (C=O) groups is 1. The topological polar surface area (TPSA) is 115 Å². The third-order valence-electron chi connectivity index (χ3n) is 2.58. The Bertz CT molecular complexity index is 579. The van der Waals surface area contributed by atoms with Gasteiger partial charge < -0.3 is 11.5 Å². The van der Waals surface area contributed by atoms with E-state index in [9.17, 15) is 17.6 Å². The quantitative estimate of drug-likeness (QED) is 0.671. The number of hydrogen-bond donors (Lipinski definition) is 3. The number of nitrogens with two attached hydrogens (primary N) is 2. The lowest BCUT2D eigenvalue weighted by Gasteiger charge is -2.20. The van der Waals surface area contributed by atoms with Crippen LogP contribution in [0.5, 0.6) is 0 Å². The number of sulfonamides is 1. The summed E-state index contributed by atoms with van der Waals surface area (Å²) in [6.07, 6.45) is 0. The summed E-state index contributed by atoms with van der Waals surface area (Å²) in [4.78, 5) is 10.8. The predicted octanol–water partition coefficient (Wildman–Crippen LogP) is 0.198. The summed E-state index contributed by atoms with van der Waals surface area (Å²) < 4.78 is 39.2. The Morgan fingerprint density at radius 1 is 1.37 bits per heavy atom. The van der Waals surface area contributed by atoms with Crippen molar-refractivity contribution in [3.63, 3.8) is 0 Å². The summed E-state index contributed by atoms with van der Waals surface area (Å²) in [6, 6.07) is 2.98. The van der Waals surface area contributed by atoms with Crippen LogP contribution in [-0.2, 0) is 14.8 Å². The smallest absolute Gasteiger partial charge is 0.240 e. The summed E-state index contributed by atoms with van der Waals surface area (Å²) >= 11 is 0. The van der Waals surface area contributed by atoms with Crippen LogP contribution >= 0.6 is 0 Å². The molecule has 0 spiro atoms. The maximum absolute atomic E-state index is 13.1. The van der Waals surface area contributed by atoms with Gasteiger partial charge in [-0.2, -0.15) is 0 Å². The third kappa shape index (κ3) is 3.90. The lowest BCUT2D eigenvalue weighted by Crippen LogP contribution is -2.42. The monoisotopic (exact) mass is 289 g/mol. The van der Waals surface area contributed by atoms with Gasteiger partial charge in [0.15, 0.2) is 0 Å². The van der Waals surface area contributed by atoms with Crippen molar-refractivity contribution in [2.75, 3.05) is 12.3 Å². The van der Waals surface area contributed by atoms with Crippen LogP contribution in [0.3, 0.4) is 0 Å². The summed E-state index contributed by atoms with van der Waals surface area (Å²) in [5.41, 5.74) is 9.46. The molecule has 0 saturated carbocycles. The van der Waals surface area contributed by atoms with Crippen molar-refractivity contribution in [3.05, 3.63) is 24.0 Å². The molecule has 0 saturated heterocycles. The molecule has 0 bridgehead atoms. The molecule has 6 nitrogen and oxygen atoms in total. The molecule has 1 aromatic carbocycles. The zero-order chi connectivity index (χ0) is 14.8. The van der Waals surface area contributed by atoms with Crippen LogP contribution in [0.4, 0.5) is 10.1 Å². The molecular weight excluding hydrogens is 273 g/mol. The SMILES string of the molecule is CC(C)(CNS(=O)(=O)c1cc(N)cc(F)c1)C(N)=O. The molecule has 1 aromatic rings. The van der Waals surface area contributed by atoms with Crippen LogP contribution in [0.15, 0.2) is 23.1 Å². The predicted molar refractivity (Wildman–Crippen MR) is 69.0 cm³/mol. The maximum atomic E-state index is 13.1. The average molecular weight is 289 g/mol. The normalized spacial score (nSPS) is 12.4. The highest BCUT2D eigenvalue weighted by Crippen LogP contribution is 2.18. The molecule has 0 heterocycles. The van der Waals surface area contributed by atoms with E-state index in [2.05, 4.69) is 4.72 Å². The minimum Gasteiger partial charge on any atom is -0.399 e. The molecule has 0 unspecified atom stereocenters. The Balaban J connectivity index is 2.97. The van der Waals surface area contributed by atoms with E-state index in [0.717, 1.165) is 18.2 Å². The molecule has 8 heteroatoms. The highest BCUT2D eigenvalue weighted by atomic mass is 32.2. The Morgan fingerprint density at radius 2 is 1.95 bits per heavy atom. The van der Waals surface area contributed by atoms with Gasteiger partial charge in [0.1, 0.15) is 5.82 Å². The lowest BCUT2D eigenvalue weighted by molar-refractivity contribution is -0.125. The van der Waals surface area contributed by atoms with E-state index in [1.807, 2.05) is 0 Å². The van der Waals surface area contributed by atoms with Crippen LogP contribution in [0.25, 0.3) is 0 Å². The second kappa shape index (κ2) is 5.14. The third-order valence-corrected chi connectivity index (χ3v) is 3.96. The Hall–Kier alpha value is -1.67. The first-order valence-corrected chi connectivity index (χ1v) is 6.88. The van der Waals surface area contributed by atoms with E-state index >= 15 is 0 Å². The van der Waals surface area contributed by atoms with Crippen LogP contribution in [0.2, 0.25) is 0 Å². The molecular formula is C11H16FN3O3S. The van der Waals surface area contributed by atoms with Gasteiger partial charge in [0.25, 0.3) is 0 Å². The molecule has 0 radical (unpaired) electrons. The van der Waals surface area contributed by atoms with Crippen molar-refractivity contribution >= 4 is 21.6 Å². The summed E-state index contributed by atoms with van der Waals surface area (Å²) in [5, 5.41) is 0. The molecule has 0 aliphatic rings. The second-order valence-corrected chi connectivity index (χ2v) is 6.56. The van der Waals surface area contributed by atoms with Crippen LogP contribution in [0.1, 0.15) is 13.8 Å². The number of nitrogen functional groups attached to an aromatic ring is 1. The minimum absolute atomic E-state index is 0.00506. The first kappa shape index (κ1) is 15.4. The van der Waals surface area contributed by atoms with Gasteiger partial charge in [0.2, 0.25) is 15.9 Å². The van der Waals surface area contributed by atoms with E-state index in [1.54, 1.807) is 0 Å². The van der Waals surface area contributed by atoms with Gasteiger partial charge in [0.05, 0.1) is 10.3 Å². The van der Waals surface area contributed by atoms with Crippen molar-refractivity contribution in [1.82, 2.24) is 4.72 Å². The highest BCUT2D eigenvalue weighted by molar-refractivity contribution is 7.89. The van der Waals surface area contributed by atoms with E-state index in [4.69, 9.17) is 11.5 Å². The summed E-state index contributed by atoms with van der Waals surface area (Å²) in [7, 11) is -3.95. The standard InChI is InChI=1S/C11H16FN3O3S/c1-11(2,10(14)16)6-15-19(17,18)9-4-7(12)3-8(13)5-9/h3-5,15H,6,13H2,1-2H3,(H2,14,16). The molecule has 5 N–H and O–H groups in total. The zero-order valence-corrected chi connectivity index (χ0v) is 11.4. The number of primary amides is 1. The minimum atomic E-state index is -3.95. The van der Waals surface area contributed by atoms with E-state index in [-0.39, 0.29) is 17.1 Å². The van der Waals surface area contributed by atoms with Gasteiger partial charge in [-0.15, -0.1) is 0 Å². The van der Waals surface area contributed by atoms with E-state index < -0.39 is 27.2 Å². The number of amides is 1. The number of hydrogen-bond acceptors (Lipinski definition) is 4. The average Bonchev–Trinajstić information content (AvgIpc) is 2.25. The fourth-order valence-corrected chi connectivity index (χ4v) is 2.46. The van der Waals surface area contributed by atoms with Crippen LogP contribution in [0, 0.1) is 11.2 Å². The molecule has 1 rings (SSSR count). The molecule has 0 aliphatic heterocycles. The van der Waals surface area contributed by atoms with Gasteiger partial charge >= 0.3 is 0 Å². The Morgan fingerprint density at radius 3 is 2.42 bits per heavy atom. The van der Waals surface area contributed by atoms with Crippen molar-refractivity contribution < 1.29 is 17.6 Å². The molecule has 0 aromatic heterocycles. The van der Waals surface area contributed by atoms with Crippen molar-refractivity contribution in [2.24, 2.45) is 11.1 Å². The second-order valence-electron chi connectivity index (χ2n) is 4.79. The van der Waals surface area contributed by atoms with Crippen LogP contribution in [-0.4, -0.2) is 20.9 Å². The van der Waals surface area contributed by atoms with Crippen molar-refractivity contribution in [2.45, 2.75) is 18.7 Å². The van der Waals surface area contributed by atoms with E-state index in [0.29, 0.717) is 0 Å². The molecule has 0 aliphatic carbocycles. The maximum Gasteiger partial charge on any atom is 0.240 e. The van der Waals surface area contributed by atoms with Crippen molar-refractivity contribution in [1.29, 1.82) is 0 Å². The van der Waals surface area contributed by atoms with Gasteiger partial charge in [-0.3, -0.25) is 4.79 Å². The van der Waals surface area contributed by atoms with Gasteiger partial charge in [0, 0.05) is 12.2 Å². The molecule has 1 amide bonds.